The molecule has 2 N–H and O–H groups in total. The summed E-state index contributed by atoms with van der Waals surface area (Å²) >= 11 is 0. The highest BCUT2D eigenvalue weighted by Crippen LogP contribution is 2.19. The molecular formula is C10H20ClNO3. The van der Waals surface area contributed by atoms with Crippen molar-refractivity contribution in [2.45, 2.75) is 39.3 Å². The molecule has 1 rings (SSSR count). The Bertz CT molecular complexity index is 209. The van der Waals surface area contributed by atoms with Crippen molar-refractivity contribution in [1.29, 1.82) is 0 Å². The van der Waals surface area contributed by atoms with Gasteiger partial charge >= 0.3 is 5.97 Å². The Morgan fingerprint density at radius 1 is 1.53 bits per heavy atom. The van der Waals surface area contributed by atoms with Crippen LogP contribution in [0.5, 0.6) is 0 Å². The second kappa shape index (κ2) is 5.68. The number of carbonyl (C=O) groups is 1. The van der Waals surface area contributed by atoms with Gasteiger partial charge in [-0.05, 0) is 5.41 Å². The summed E-state index contributed by atoms with van der Waals surface area (Å²) in [6.45, 7) is 6.93. The van der Waals surface area contributed by atoms with Crippen molar-refractivity contribution < 1.29 is 14.3 Å². The van der Waals surface area contributed by atoms with Crippen molar-refractivity contribution in [1.82, 2.24) is 0 Å². The zero-order valence-electron chi connectivity index (χ0n) is 9.49. The maximum absolute atomic E-state index is 11.5. The first-order valence-electron chi connectivity index (χ1n) is 4.95. The van der Waals surface area contributed by atoms with Crippen LogP contribution in [0.25, 0.3) is 0 Å². The van der Waals surface area contributed by atoms with Crippen LogP contribution in [0.4, 0.5) is 0 Å². The van der Waals surface area contributed by atoms with Gasteiger partial charge in [0, 0.05) is 6.42 Å². The molecule has 4 nitrogen and oxygen atoms in total. The summed E-state index contributed by atoms with van der Waals surface area (Å²) in [7, 11) is 0. The highest BCUT2D eigenvalue weighted by molar-refractivity contribution is 5.85. The zero-order chi connectivity index (χ0) is 10.8. The third-order valence-corrected chi connectivity index (χ3v) is 2.36. The molecule has 0 radical (unpaired) electrons. The SMILES string of the molecule is CC(C)(C)C(N)C(=O)OC1CCOC1.Cl. The van der Waals surface area contributed by atoms with Gasteiger partial charge in [-0.25, -0.2) is 0 Å². The van der Waals surface area contributed by atoms with Gasteiger partial charge in [-0.15, -0.1) is 12.4 Å². The smallest absolute Gasteiger partial charge is 0.323 e. The highest BCUT2D eigenvalue weighted by atomic mass is 35.5. The quantitative estimate of drug-likeness (QED) is 0.731. The van der Waals surface area contributed by atoms with E-state index < -0.39 is 6.04 Å². The van der Waals surface area contributed by atoms with Gasteiger partial charge in [0.2, 0.25) is 0 Å². The monoisotopic (exact) mass is 237 g/mol. The minimum atomic E-state index is -0.567. The maximum Gasteiger partial charge on any atom is 0.323 e. The van der Waals surface area contributed by atoms with Crippen LogP contribution in [-0.4, -0.2) is 31.3 Å². The Morgan fingerprint density at radius 2 is 2.13 bits per heavy atom. The average Bonchev–Trinajstić information content (AvgIpc) is 2.53. The van der Waals surface area contributed by atoms with E-state index >= 15 is 0 Å². The van der Waals surface area contributed by atoms with Gasteiger partial charge in [0.15, 0.2) is 0 Å². The summed E-state index contributed by atoms with van der Waals surface area (Å²) in [5, 5.41) is 0. The molecule has 1 fully saturated rings. The Morgan fingerprint density at radius 3 is 2.53 bits per heavy atom. The van der Waals surface area contributed by atoms with Crippen LogP contribution in [0.2, 0.25) is 0 Å². The summed E-state index contributed by atoms with van der Waals surface area (Å²) in [5.41, 5.74) is 5.50. The number of nitrogens with two attached hydrogens (primary N) is 1. The predicted molar refractivity (Wildman–Crippen MR) is 60.0 cm³/mol. The average molecular weight is 238 g/mol. The Hall–Kier alpha value is -0.320. The van der Waals surface area contributed by atoms with Crippen molar-refractivity contribution in [2.24, 2.45) is 11.1 Å². The second-order valence-corrected chi connectivity index (χ2v) is 4.77. The van der Waals surface area contributed by atoms with E-state index in [1.807, 2.05) is 20.8 Å². The van der Waals surface area contributed by atoms with E-state index in [1.165, 1.54) is 0 Å². The lowest BCUT2D eigenvalue weighted by Crippen LogP contribution is -2.44. The summed E-state index contributed by atoms with van der Waals surface area (Å²) in [6.07, 6.45) is 0.679. The van der Waals surface area contributed by atoms with Crippen LogP contribution in [0.1, 0.15) is 27.2 Å². The lowest BCUT2D eigenvalue weighted by molar-refractivity contribution is -0.153. The summed E-state index contributed by atoms with van der Waals surface area (Å²) < 4.78 is 10.3. The van der Waals surface area contributed by atoms with Crippen molar-refractivity contribution in [3.8, 4) is 0 Å². The van der Waals surface area contributed by atoms with Crippen LogP contribution < -0.4 is 5.73 Å². The van der Waals surface area contributed by atoms with Crippen molar-refractivity contribution in [3.63, 3.8) is 0 Å². The topological polar surface area (TPSA) is 61.6 Å². The minimum absolute atomic E-state index is 0. The molecule has 2 unspecified atom stereocenters. The summed E-state index contributed by atoms with van der Waals surface area (Å²) in [5.74, 6) is -0.326. The van der Waals surface area contributed by atoms with Crippen molar-refractivity contribution in [3.05, 3.63) is 0 Å². The molecular weight excluding hydrogens is 218 g/mol. The molecule has 0 aromatic carbocycles. The van der Waals surface area contributed by atoms with E-state index in [1.54, 1.807) is 0 Å². The number of ether oxygens (including phenoxy) is 2. The molecule has 0 saturated carbocycles. The Kier molecular flexibility index (Phi) is 5.56. The first-order valence-corrected chi connectivity index (χ1v) is 4.95. The van der Waals surface area contributed by atoms with Crippen LogP contribution in [0, 0.1) is 5.41 Å². The summed E-state index contributed by atoms with van der Waals surface area (Å²) in [4.78, 5) is 11.5. The summed E-state index contributed by atoms with van der Waals surface area (Å²) in [6, 6.07) is -0.567. The fourth-order valence-corrected chi connectivity index (χ4v) is 1.20. The van der Waals surface area contributed by atoms with Gasteiger partial charge in [0.25, 0.3) is 0 Å². The minimum Gasteiger partial charge on any atom is -0.459 e. The van der Waals surface area contributed by atoms with Gasteiger partial charge in [0.1, 0.15) is 12.1 Å². The number of esters is 1. The molecule has 1 aliphatic heterocycles. The van der Waals surface area contributed by atoms with Crippen LogP contribution in [-0.2, 0) is 14.3 Å². The normalized spacial score (nSPS) is 23.1. The number of carbonyl (C=O) groups excluding carboxylic acids is 1. The Labute approximate surface area is 96.9 Å². The molecule has 2 atom stereocenters. The van der Waals surface area contributed by atoms with E-state index in [4.69, 9.17) is 15.2 Å². The number of halogens is 1. The third-order valence-electron chi connectivity index (χ3n) is 2.36. The van der Waals surface area contributed by atoms with Gasteiger partial charge in [-0.3, -0.25) is 4.79 Å². The number of hydrogen-bond acceptors (Lipinski definition) is 4. The number of rotatable bonds is 2. The van der Waals surface area contributed by atoms with Gasteiger partial charge in [0.05, 0.1) is 13.2 Å². The van der Waals surface area contributed by atoms with Crippen molar-refractivity contribution in [2.75, 3.05) is 13.2 Å². The first-order chi connectivity index (χ1) is 6.41. The molecule has 1 aliphatic rings. The molecule has 5 heteroatoms. The fraction of sp³-hybridized carbons (Fsp3) is 0.900. The molecule has 0 aromatic heterocycles. The molecule has 0 bridgehead atoms. The van der Waals surface area contributed by atoms with Gasteiger partial charge in [-0.1, -0.05) is 20.8 Å². The molecule has 0 aromatic rings. The lowest BCUT2D eigenvalue weighted by atomic mass is 9.87. The van der Waals surface area contributed by atoms with Gasteiger partial charge < -0.3 is 15.2 Å². The molecule has 1 saturated heterocycles. The van der Waals surface area contributed by atoms with E-state index in [9.17, 15) is 4.79 Å². The van der Waals surface area contributed by atoms with Crippen LogP contribution >= 0.6 is 12.4 Å². The van der Waals surface area contributed by atoms with E-state index in [2.05, 4.69) is 0 Å². The predicted octanol–water partition coefficient (Wildman–Crippen LogP) is 1.11. The highest BCUT2D eigenvalue weighted by Gasteiger charge is 2.31. The first kappa shape index (κ1) is 14.7. The van der Waals surface area contributed by atoms with Crippen LogP contribution in [0.15, 0.2) is 0 Å². The third kappa shape index (κ3) is 4.36. The largest absolute Gasteiger partial charge is 0.459 e. The van der Waals surface area contributed by atoms with E-state index in [0.29, 0.717) is 13.2 Å². The lowest BCUT2D eigenvalue weighted by Gasteiger charge is -2.26. The second-order valence-electron chi connectivity index (χ2n) is 4.77. The van der Waals surface area contributed by atoms with E-state index in [0.717, 1.165) is 6.42 Å². The Balaban J connectivity index is 0.00000196. The van der Waals surface area contributed by atoms with Crippen LogP contribution in [0.3, 0.4) is 0 Å². The molecule has 0 amide bonds. The van der Waals surface area contributed by atoms with E-state index in [-0.39, 0.29) is 29.9 Å². The maximum atomic E-state index is 11.5. The molecule has 0 spiro atoms. The van der Waals surface area contributed by atoms with Gasteiger partial charge in [-0.2, -0.15) is 0 Å². The standard InChI is InChI=1S/C10H19NO3.ClH/c1-10(2,3)8(11)9(12)14-7-4-5-13-6-7;/h7-8H,4-6,11H2,1-3H3;1H. The molecule has 90 valence electrons. The fourth-order valence-electron chi connectivity index (χ4n) is 1.20. The molecule has 0 aliphatic carbocycles. The molecule has 1 heterocycles. The van der Waals surface area contributed by atoms with Crippen molar-refractivity contribution >= 4 is 18.4 Å². The number of hydrogen-bond donors (Lipinski definition) is 1. The molecule has 15 heavy (non-hydrogen) atoms. The zero-order valence-corrected chi connectivity index (χ0v) is 10.3.